The second kappa shape index (κ2) is 11.2. The number of rotatable bonds is 12. The number of nitrogens with one attached hydrogen (secondary N) is 1. The summed E-state index contributed by atoms with van der Waals surface area (Å²) in [5.41, 5.74) is 2.32. The molecule has 0 saturated carbocycles. The molecule has 1 aromatic heterocycles. The van der Waals surface area contributed by atoms with Crippen LogP contribution in [0.5, 0.6) is 0 Å². The zero-order valence-corrected chi connectivity index (χ0v) is 16.3. The van der Waals surface area contributed by atoms with Gasteiger partial charge in [0.25, 0.3) is 0 Å². The third-order valence-corrected chi connectivity index (χ3v) is 4.86. The maximum atomic E-state index is 12.1. The monoisotopic (exact) mass is 360 g/mol. The second-order valence-corrected chi connectivity index (χ2v) is 7.25. The lowest BCUT2D eigenvalue weighted by molar-refractivity contribution is -0.116. The summed E-state index contributed by atoms with van der Waals surface area (Å²) < 4.78 is 5.55. The van der Waals surface area contributed by atoms with Gasteiger partial charge in [-0.25, -0.2) is 4.98 Å². The molecule has 1 heterocycles. The van der Waals surface area contributed by atoms with Crippen LogP contribution in [-0.4, -0.2) is 18.0 Å². The third-order valence-electron chi connectivity index (χ3n) is 4.33. The van der Waals surface area contributed by atoms with E-state index in [4.69, 9.17) is 4.42 Å². The first-order chi connectivity index (χ1) is 12.2. The van der Waals surface area contributed by atoms with Crippen LogP contribution < -0.4 is 5.32 Å². The highest BCUT2D eigenvalue weighted by Gasteiger charge is 2.07. The first kappa shape index (κ1) is 19.9. The van der Waals surface area contributed by atoms with E-state index in [0.29, 0.717) is 11.6 Å². The predicted molar refractivity (Wildman–Crippen MR) is 109 cm³/mol. The number of hydrogen-bond donors (Lipinski definition) is 1. The molecule has 0 radical (unpaired) electrons. The average molecular weight is 360 g/mol. The zero-order valence-electron chi connectivity index (χ0n) is 15.5. The SMILES string of the molecule is BSc1nc2cc(NC(=O)CCCCCCCCCCC)ccc2o1. The number of aromatic nitrogens is 1. The van der Waals surface area contributed by atoms with Gasteiger partial charge >= 0.3 is 0 Å². The molecule has 0 spiro atoms. The molecule has 0 unspecified atom stereocenters. The number of benzene rings is 1. The summed E-state index contributed by atoms with van der Waals surface area (Å²) in [5, 5.41) is 3.61. The molecule has 25 heavy (non-hydrogen) atoms. The summed E-state index contributed by atoms with van der Waals surface area (Å²) in [6.07, 6.45) is 11.9. The van der Waals surface area contributed by atoms with E-state index in [1.807, 2.05) is 25.3 Å². The predicted octanol–water partition coefficient (Wildman–Crippen LogP) is 5.33. The van der Waals surface area contributed by atoms with Gasteiger partial charge in [-0.1, -0.05) is 58.3 Å². The molecule has 136 valence electrons. The minimum atomic E-state index is 0.0795. The van der Waals surface area contributed by atoms with Gasteiger partial charge in [0.05, 0.1) is 0 Å². The van der Waals surface area contributed by atoms with Crippen molar-refractivity contribution in [3.63, 3.8) is 0 Å². The van der Waals surface area contributed by atoms with E-state index < -0.39 is 0 Å². The van der Waals surface area contributed by atoms with Crippen molar-refractivity contribution in [1.29, 1.82) is 0 Å². The first-order valence-electron chi connectivity index (χ1n) is 9.47. The highest BCUT2D eigenvalue weighted by molar-refractivity contribution is 8.19. The van der Waals surface area contributed by atoms with Crippen LogP contribution in [0.25, 0.3) is 11.1 Å². The van der Waals surface area contributed by atoms with E-state index in [0.717, 1.165) is 29.6 Å². The third kappa shape index (κ3) is 7.14. The summed E-state index contributed by atoms with van der Waals surface area (Å²) >= 11 is 1.47. The van der Waals surface area contributed by atoms with Gasteiger partial charge in [0.1, 0.15) is 5.52 Å². The van der Waals surface area contributed by atoms with Crippen LogP contribution >= 0.6 is 11.6 Å². The number of nitrogens with zero attached hydrogens (tertiary/aromatic N) is 1. The minimum absolute atomic E-state index is 0.0795. The van der Waals surface area contributed by atoms with Crippen molar-refractivity contribution in [1.82, 2.24) is 4.98 Å². The molecule has 1 N–H and O–H groups in total. The molecule has 1 aromatic carbocycles. The van der Waals surface area contributed by atoms with Gasteiger partial charge in [-0.3, -0.25) is 4.79 Å². The van der Waals surface area contributed by atoms with Gasteiger partial charge in [-0.2, -0.15) is 0 Å². The number of carbonyl (C=O) groups excluding carboxylic acids is 1. The zero-order chi connectivity index (χ0) is 17.9. The summed E-state index contributed by atoms with van der Waals surface area (Å²) in [7, 11) is 1.93. The number of fused-ring (bicyclic) bond motifs is 1. The van der Waals surface area contributed by atoms with Gasteiger partial charge < -0.3 is 9.73 Å². The Hall–Kier alpha value is -1.43. The largest absolute Gasteiger partial charge is 0.432 e. The van der Waals surface area contributed by atoms with Crippen molar-refractivity contribution in [3.8, 4) is 0 Å². The normalized spacial score (nSPS) is 11.1. The smallest absolute Gasteiger partial charge is 0.245 e. The van der Waals surface area contributed by atoms with Crippen LogP contribution in [0.3, 0.4) is 0 Å². The Morgan fingerprint density at radius 3 is 2.48 bits per heavy atom. The topological polar surface area (TPSA) is 55.1 Å². The minimum Gasteiger partial charge on any atom is -0.432 e. The number of anilines is 1. The number of oxazole rings is 1. The lowest BCUT2D eigenvalue weighted by Gasteiger charge is -2.05. The Balaban J connectivity index is 1.62. The fourth-order valence-electron chi connectivity index (χ4n) is 2.89. The lowest BCUT2D eigenvalue weighted by Crippen LogP contribution is -2.10. The molecule has 0 aliphatic rings. The fourth-order valence-corrected chi connectivity index (χ4v) is 3.25. The van der Waals surface area contributed by atoms with Crippen molar-refractivity contribution in [2.24, 2.45) is 0 Å². The molecule has 0 bridgehead atoms. The molecule has 6 heteroatoms. The molecule has 0 saturated heterocycles. The van der Waals surface area contributed by atoms with Crippen LogP contribution in [0, 0.1) is 0 Å². The summed E-state index contributed by atoms with van der Waals surface area (Å²) in [6, 6.07) is 5.59. The fraction of sp³-hybridized carbons (Fsp3) is 0.579. The second-order valence-electron chi connectivity index (χ2n) is 6.49. The van der Waals surface area contributed by atoms with Crippen LogP contribution in [0.2, 0.25) is 0 Å². The molecule has 1 amide bonds. The summed E-state index contributed by atoms with van der Waals surface area (Å²) in [5.74, 6) is 0.0795. The van der Waals surface area contributed by atoms with Crippen molar-refractivity contribution < 1.29 is 9.21 Å². The van der Waals surface area contributed by atoms with Crippen LogP contribution in [0.15, 0.2) is 27.8 Å². The Bertz CT molecular complexity index is 660. The van der Waals surface area contributed by atoms with E-state index in [1.165, 1.54) is 56.6 Å². The number of amides is 1. The number of hydrogen-bond acceptors (Lipinski definition) is 4. The Morgan fingerprint density at radius 1 is 1.12 bits per heavy atom. The lowest BCUT2D eigenvalue weighted by atomic mass is 10.1. The number of carbonyl (C=O) groups is 1. The maximum Gasteiger partial charge on any atom is 0.245 e. The summed E-state index contributed by atoms with van der Waals surface area (Å²) in [6.45, 7) is 2.25. The Kier molecular flexibility index (Phi) is 8.94. The van der Waals surface area contributed by atoms with Crippen molar-refractivity contribution in [2.45, 2.75) is 76.4 Å². The highest BCUT2D eigenvalue weighted by Crippen LogP contribution is 2.24. The molecular weight excluding hydrogens is 331 g/mol. The average Bonchev–Trinajstić information content (AvgIpc) is 3.02. The van der Waals surface area contributed by atoms with E-state index >= 15 is 0 Å². The van der Waals surface area contributed by atoms with E-state index in [2.05, 4.69) is 17.2 Å². The van der Waals surface area contributed by atoms with E-state index in [1.54, 1.807) is 0 Å². The van der Waals surface area contributed by atoms with Gasteiger partial charge in [0.15, 0.2) is 12.7 Å². The van der Waals surface area contributed by atoms with Crippen molar-refractivity contribution in [2.75, 3.05) is 5.32 Å². The van der Waals surface area contributed by atoms with Gasteiger partial charge in [0.2, 0.25) is 11.1 Å². The van der Waals surface area contributed by atoms with E-state index in [9.17, 15) is 4.79 Å². The Labute approximate surface area is 155 Å². The summed E-state index contributed by atoms with van der Waals surface area (Å²) in [4.78, 5) is 16.4. The molecule has 4 nitrogen and oxygen atoms in total. The van der Waals surface area contributed by atoms with Crippen LogP contribution in [0.1, 0.15) is 71.1 Å². The van der Waals surface area contributed by atoms with Crippen LogP contribution in [-0.2, 0) is 4.79 Å². The van der Waals surface area contributed by atoms with Crippen LogP contribution in [0.4, 0.5) is 5.69 Å². The quantitative estimate of drug-likeness (QED) is 0.411. The standard InChI is InChI=1S/C19H29BN2O2S/c1-2-3-4-5-6-7-8-9-10-11-18(23)21-15-12-13-17-16(14-15)22-19(24-17)25-20/h12-14H,2-11,20H2,1H3,(H,21,23). The van der Waals surface area contributed by atoms with Crippen molar-refractivity contribution in [3.05, 3.63) is 18.2 Å². The van der Waals surface area contributed by atoms with Gasteiger partial charge in [0, 0.05) is 12.1 Å². The molecule has 0 aliphatic heterocycles. The molecule has 0 fully saturated rings. The maximum absolute atomic E-state index is 12.1. The Morgan fingerprint density at radius 2 is 1.80 bits per heavy atom. The van der Waals surface area contributed by atoms with Gasteiger partial charge in [-0.05, 0) is 24.6 Å². The van der Waals surface area contributed by atoms with Crippen molar-refractivity contribution >= 4 is 41.4 Å². The number of unbranched alkanes of at least 4 members (excludes halogenated alkanes) is 8. The molecule has 2 aromatic rings. The molecule has 0 aliphatic carbocycles. The van der Waals surface area contributed by atoms with Gasteiger partial charge in [-0.15, -0.1) is 11.6 Å². The molecule has 2 rings (SSSR count). The molecule has 0 atom stereocenters. The first-order valence-corrected chi connectivity index (χ1v) is 10.7. The highest BCUT2D eigenvalue weighted by atomic mass is 32.2. The van der Waals surface area contributed by atoms with E-state index in [-0.39, 0.29) is 5.91 Å². The molecular formula is C19H29BN2O2S.